The molecule has 21 heavy (non-hydrogen) atoms. The van der Waals surface area contributed by atoms with E-state index in [1.807, 2.05) is 0 Å². The highest BCUT2D eigenvalue weighted by Gasteiger charge is 2.42. The summed E-state index contributed by atoms with van der Waals surface area (Å²) in [7, 11) is -3.51. The van der Waals surface area contributed by atoms with Crippen LogP contribution >= 0.6 is 15.9 Å². The molecule has 5 nitrogen and oxygen atoms in total. The summed E-state index contributed by atoms with van der Waals surface area (Å²) in [4.78, 5) is 0.312. The number of nitrogens with two attached hydrogens (primary N) is 1. The molecule has 2 fully saturated rings. The van der Waals surface area contributed by atoms with E-state index in [9.17, 15) is 8.42 Å². The molecule has 2 N–H and O–H groups in total. The van der Waals surface area contributed by atoms with E-state index in [1.165, 1.54) is 0 Å². The number of hydrogen-bond donors (Lipinski definition) is 1. The lowest BCUT2D eigenvalue weighted by Gasteiger charge is -2.36. The average molecular weight is 375 g/mol. The van der Waals surface area contributed by atoms with E-state index in [0.29, 0.717) is 29.1 Å². The van der Waals surface area contributed by atoms with Gasteiger partial charge in [0.2, 0.25) is 10.0 Å². The number of sulfonamides is 1. The molecule has 1 saturated heterocycles. The number of ether oxygens (including phenoxy) is 1. The molecule has 1 aromatic rings. The summed E-state index contributed by atoms with van der Waals surface area (Å²) in [5.74, 6) is 0. The SMILES string of the molecule is NCc1ccc(S(=O)(=O)N2CCOC3CCCC32)c(Br)c1. The van der Waals surface area contributed by atoms with E-state index in [4.69, 9.17) is 10.5 Å². The predicted molar refractivity (Wildman–Crippen MR) is 83.3 cm³/mol. The molecule has 7 heteroatoms. The van der Waals surface area contributed by atoms with E-state index in [0.717, 1.165) is 24.8 Å². The van der Waals surface area contributed by atoms with Gasteiger partial charge in [-0.3, -0.25) is 0 Å². The second kappa shape index (κ2) is 5.96. The second-order valence-electron chi connectivity index (χ2n) is 5.49. The molecule has 0 aromatic heterocycles. The fraction of sp³-hybridized carbons (Fsp3) is 0.571. The summed E-state index contributed by atoms with van der Waals surface area (Å²) in [6.07, 6.45) is 2.90. The summed E-state index contributed by atoms with van der Waals surface area (Å²) in [6, 6.07) is 5.16. The van der Waals surface area contributed by atoms with Gasteiger partial charge in [-0.25, -0.2) is 8.42 Å². The number of fused-ring (bicyclic) bond motifs is 1. The summed E-state index contributed by atoms with van der Waals surface area (Å²) < 4.78 is 33.8. The number of nitrogens with zero attached hydrogens (tertiary/aromatic N) is 1. The first-order chi connectivity index (χ1) is 10.0. The standard InChI is InChI=1S/C14H19BrN2O3S/c15-11-8-10(9-16)4-5-14(11)21(18,19)17-6-7-20-13-3-1-2-12(13)17/h4-5,8,12-13H,1-3,6-7,9,16H2. The van der Waals surface area contributed by atoms with Crippen LogP contribution in [0, 0.1) is 0 Å². The first kappa shape index (κ1) is 15.4. The van der Waals surface area contributed by atoms with Crippen LogP contribution in [-0.4, -0.2) is 38.0 Å². The summed E-state index contributed by atoms with van der Waals surface area (Å²) in [6.45, 7) is 1.29. The molecule has 1 aliphatic heterocycles. The molecule has 2 atom stereocenters. The van der Waals surface area contributed by atoms with Crippen molar-refractivity contribution in [2.24, 2.45) is 5.73 Å². The Morgan fingerprint density at radius 2 is 2.19 bits per heavy atom. The van der Waals surface area contributed by atoms with Crippen LogP contribution in [0.25, 0.3) is 0 Å². The van der Waals surface area contributed by atoms with Gasteiger partial charge in [0.15, 0.2) is 0 Å². The van der Waals surface area contributed by atoms with Gasteiger partial charge in [0.05, 0.1) is 23.6 Å². The molecular formula is C14H19BrN2O3S. The molecule has 1 aliphatic carbocycles. The third-order valence-electron chi connectivity index (χ3n) is 4.25. The van der Waals surface area contributed by atoms with Crippen LogP contribution in [0.2, 0.25) is 0 Å². The van der Waals surface area contributed by atoms with Gasteiger partial charge in [-0.05, 0) is 52.9 Å². The maximum Gasteiger partial charge on any atom is 0.244 e. The number of morpholine rings is 1. The maximum atomic E-state index is 13.0. The van der Waals surface area contributed by atoms with Crippen molar-refractivity contribution in [3.8, 4) is 0 Å². The maximum absolute atomic E-state index is 13.0. The highest BCUT2D eigenvalue weighted by molar-refractivity contribution is 9.10. The molecule has 0 bridgehead atoms. The van der Waals surface area contributed by atoms with Gasteiger partial charge in [-0.1, -0.05) is 6.07 Å². The van der Waals surface area contributed by atoms with Gasteiger partial charge in [-0.15, -0.1) is 0 Å². The fourth-order valence-electron chi connectivity index (χ4n) is 3.20. The minimum Gasteiger partial charge on any atom is -0.375 e. The Kier molecular flexibility index (Phi) is 4.38. The fourth-order valence-corrected chi connectivity index (χ4v) is 5.95. The average Bonchev–Trinajstić information content (AvgIpc) is 2.94. The third-order valence-corrected chi connectivity index (χ3v) is 7.15. The van der Waals surface area contributed by atoms with E-state index in [-0.39, 0.29) is 12.1 Å². The van der Waals surface area contributed by atoms with Crippen LogP contribution in [0.15, 0.2) is 27.6 Å². The first-order valence-corrected chi connectivity index (χ1v) is 9.39. The monoisotopic (exact) mass is 374 g/mol. The summed E-state index contributed by atoms with van der Waals surface area (Å²) >= 11 is 3.37. The van der Waals surface area contributed by atoms with Gasteiger partial charge in [0, 0.05) is 17.6 Å². The van der Waals surface area contributed by atoms with Crippen molar-refractivity contribution in [1.82, 2.24) is 4.31 Å². The van der Waals surface area contributed by atoms with Crippen molar-refractivity contribution >= 4 is 26.0 Å². The molecule has 1 heterocycles. The van der Waals surface area contributed by atoms with Gasteiger partial charge >= 0.3 is 0 Å². The van der Waals surface area contributed by atoms with Crippen molar-refractivity contribution in [3.05, 3.63) is 28.2 Å². The van der Waals surface area contributed by atoms with Crippen molar-refractivity contribution in [2.75, 3.05) is 13.2 Å². The molecule has 2 unspecified atom stereocenters. The van der Waals surface area contributed by atoms with E-state index in [1.54, 1.807) is 22.5 Å². The van der Waals surface area contributed by atoms with Crippen molar-refractivity contribution in [3.63, 3.8) is 0 Å². The highest BCUT2D eigenvalue weighted by atomic mass is 79.9. The molecule has 0 radical (unpaired) electrons. The van der Waals surface area contributed by atoms with Crippen LogP contribution in [0.1, 0.15) is 24.8 Å². The van der Waals surface area contributed by atoms with Crippen molar-refractivity contribution < 1.29 is 13.2 Å². The van der Waals surface area contributed by atoms with E-state index < -0.39 is 10.0 Å². The molecule has 116 valence electrons. The molecule has 1 aromatic carbocycles. The van der Waals surface area contributed by atoms with E-state index in [2.05, 4.69) is 15.9 Å². The highest BCUT2D eigenvalue weighted by Crippen LogP contribution is 2.35. The Morgan fingerprint density at radius 1 is 1.38 bits per heavy atom. The third kappa shape index (κ3) is 2.77. The summed E-state index contributed by atoms with van der Waals surface area (Å²) in [5, 5.41) is 0. The Morgan fingerprint density at radius 3 is 2.90 bits per heavy atom. The lowest BCUT2D eigenvalue weighted by Crippen LogP contribution is -2.51. The molecule has 3 rings (SSSR count). The van der Waals surface area contributed by atoms with Crippen LogP contribution in [0.3, 0.4) is 0 Å². The van der Waals surface area contributed by atoms with Crippen molar-refractivity contribution in [2.45, 2.75) is 42.8 Å². The van der Waals surface area contributed by atoms with E-state index >= 15 is 0 Å². The van der Waals surface area contributed by atoms with Gasteiger partial charge in [0.25, 0.3) is 0 Å². The van der Waals surface area contributed by atoms with Crippen LogP contribution in [0.5, 0.6) is 0 Å². The Balaban J connectivity index is 1.96. The lowest BCUT2D eigenvalue weighted by atomic mass is 10.2. The number of benzene rings is 1. The minimum absolute atomic E-state index is 0.0233. The first-order valence-electron chi connectivity index (χ1n) is 7.16. The quantitative estimate of drug-likeness (QED) is 0.875. The minimum atomic E-state index is -3.51. The van der Waals surface area contributed by atoms with Crippen LogP contribution in [0.4, 0.5) is 0 Å². The predicted octanol–water partition coefficient (Wildman–Crippen LogP) is 1.85. The Bertz CT molecular complexity index is 635. The largest absolute Gasteiger partial charge is 0.375 e. The van der Waals surface area contributed by atoms with Crippen LogP contribution < -0.4 is 5.73 Å². The summed E-state index contributed by atoms with van der Waals surface area (Å²) in [5.41, 5.74) is 6.50. The number of hydrogen-bond acceptors (Lipinski definition) is 4. The Labute approximate surface area is 133 Å². The molecular weight excluding hydrogens is 356 g/mol. The lowest BCUT2D eigenvalue weighted by molar-refractivity contribution is -0.0241. The van der Waals surface area contributed by atoms with Gasteiger partial charge < -0.3 is 10.5 Å². The smallest absolute Gasteiger partial charge is 0.244 e. The van der Waals surface area contributed by atoms with Crippen LogP contribution in [-0.2, 0) is 21.3 Å². The van der Waals surface area contributed by atoms with Gasteiger partial charge in [0.1, 0.15) is 0 Å². The van der Waals surface area contributed by atoms with Gasteiger partial charge in [-0.2, -0.15) is 4.31 Å². The zero-order valence-electron chi connectivity index (χ0n) is 11.7. The molecule has 0 amide bonds. The second-order valence-corrected chi connectivity index (χ2v) is 8.21. The topological polar surface area (TPSA) is 72.6 Å². The molecule has 0 spiro atoms. The zero-order valence-corrected chi connectivity index (χ0v) is 14.1. The molecule has 2 aliphatic rings. The zero-order chi connectivity index (χ0) is 15.0. The normalized spacial score (nSPS) is 26.8. The molecule has 1 saturated carbocycles. The van der Waals surface area contributed by atoms with Crippen molar-refractivity contribution in [1.29, 1.82) is 0 Å². The number of halogens is 1. The number of rotatable bonds is 3. The Hall–Kier alpha value is -0.470.